The zero-order chi connectivity index (χ0) is 61.9. The van der Waals surface area contributed by atoms with E-state index in [4.69, 9.17) is 18.9 Å². The summed E-state index contributed by atoms with van der Waals surface area (Å²) < 4.78 is 22.8. The third-order valence-electron chi connectivity index (χ3n) is 15.6. The van der Waals surface area contributed by atoms with Gasteiger partial charge in [0.15, 0.2) is 12.4 Å². The molecule has 2 atom stereocenters. The predicted octanol–water partition coefficient (Wildman–Crippen LogP) is 20.9. The van der Waals surface area contributed by atoms with E-state index >= 15 is 0 Å². The van der Waals surface area contributed by atoms with Crippen molar-refractivity contribution in [3.05, 3.63) is 85.1 Å². The molecule has 0 N–H and O–H groups in total. The first-order valence-corrected chi connectivity index (χ1v) is 35.7. The Labute approximate surface area is 525 Å². The van der Waals surface area contributed by atoms with Crippen molar-refractivity contribution in [1.29, 1.82) is 0 Å². The maximum Gasteiger partial charge on any atom is 0.306 e. The fraction of sp³-hybridized carbons (Fsp3) is 0.776. The summed E-state index contributed by atoms with van der Waals surface area (Å²) in [6, 6.07) is 0. The second-order valence-corrected chi connectivity index (χ2v) is 25.1. The van der Waals surface area contributed by atoms with E-state index in [2.05, 4.69) is 98.9 Å². The van der Waals surface area contributed by atoms with Gasteiger partial charge in [0.05, 0.1) is 40.3 Å². The average Bonchev–Trinajstić information content (AvgIpc) is 3.49. The molecule has 0 saturated heterocycles. The molecule has 9 heteroatoms. The topological polar surface area (TPSA) is 111 Å². The number of unbranched alkanes of at least 4 members (excludes halogenated alkanes) is 37. The van der Waals surface area contributed by atoms with Crippen LogP contribution in [0.15, 0.2) is 85.1 Å². The summed E-state index contributed by atoms with van der Waals surface area (Å²) in [6.45, 7) is 4.66. The Balaban J connectivity index is 4.08. The Morgan fingerprint density at radius 2 is 0.671 bits per heavy atom. The van der Waals surface area contributed by atoms with Crippen molar-refractivity contribution in [2.24, 2.45) is 0 Å². The Kier molecular flexibility index (Phi) is 63.7. The number of carboxylic acid groups (broad SMARTS) is 1. The van der Waals surface area contributed by atoms with Gasteiger partial charge in [0, 0.05) is 12.8 Å². The van der Waals surface area contributed by atoms with Gasteiger partial charge in [-0.1, -0.05) is 304 Å². The molecule has 0 fully saturated rings. The van der Waals surface area contributed by atoms with Gasteiger partial charge < -0.3 is 33.3 Å². The minimum atomic E-state index is -1.62. The van der Waals surface area contributed by atoms with Crippen LogP contribution in [0.3, 0.4) is 0 Å². The molecule has 0 heterocycles. The molecule has 0 radical (unpaired) electrons. The van der Waals surface area contributed by atoms with Crippen LogP contribution in [0, 0.1) is 0 Å². The van der Waals surface area contributed by atoms with Crippen LogP contribution in [-0.4, -0.2) is 82.3 Å². The van der Waals surface area contributed by atoms with Crippen LogP contribution in [0.1, 0.15) is 322 Å². The number of aliphatic carboxylic acids is 1. The number of esters is 2. The van der Waals surface area contributed by atoms with E-state index in [1.807, 2.05) is 21.1 Å². The van der Waals surface area contributed by atoms with Crippen molar-refractivity contribution in [2.45, 2.75) is 334 Å². The van der Waals surface area contributed by atoms with E-state index in [9.17, 15) is 19.5 Å². The number of rotatable bonds is 66. The van der Waals surface area contributed by atoms with E-state index < -0.39 is 24.3 Å². The third kappa shape index (κ3) is 67.8. The van der Waals surface area contributed by atoms with Gasteiger partial charge in [-0.25, -0.2) is 0 Å². The van der Waals surface area contributed by atoms with E-state index in [-0.39, 0.29) is 32.2 Å². The standard InChI is InChI=1S/C76H135NO8/c1-6-8-10-12-14-16-18-20-22-24-26-28-30-32-34-35-36-37-38-39-41-43-45-47-49-51-53-55-57-59-61-63-65-67-74(79)85-72(71-84-76(75(80)81)82-69-68-77(3,4)5)70-83-73(78)66-64-62-60-58-56-54-52-50-48-46-44-42-40-33-31-29-27-25-23-21-19-17-15-13-11-9-7-2/h8,10,14,16,19-22,25-28,32,34,72,76H,6-7,9,11-13,15,17-18,23-24,29-31,33,35-71H2,1-5H3/b10-8-,16-14-,21-19-,22-20-,27-25-,28-26-,34-32-. The molecule has 0 aliphatic heterocycles. The van der Waals surface area contributed by atoms with Crippen LogP contribution >= 0.6 is 0 Å². The molecule has 0 spiro atoms. The maximum atomic E-state index is 12.9. The number of hydrogen-bond donors (Lipinski definition) is 0. The monoisotopic (exact) mass is 1190 g/mol. The number of quaternary nitrogens is 1. The maximum absolute atomic E-state index is 12.9. The van der Waals surface area contributed by atoms with Gasteiger partial charge in [-0.3, -0.25) is 9.59 Å². The van der Waals surface area contributed by atoms with Gasteiger partial charge in [-0.05, 0) is 89.9 Å². The molecule has 0 saturated carbocycles. The Hall–Kier alpha value is -3.53. The summed E-state index contributed by atoms with van der Waals surface area (Å²) in [6.07, 6.45) is 86.7. The average molecular weight is 1190 g/mol. The van der Waals surface area contributed by atoms with E-state index in [1.165, 1.54) is 218 Å². The molecule has 0 aliphatic carbocycles. The van der Waals surface area contributed by atoms with Crippen LogP contribution in [0.4, 0.5) is 0 Å². The third-order valence-corrected chi connectivity index (χ3v) is 15.6. The highest BCUT2D eigenvalue weighted by Gasteiger charge is 2.22. The molecule has 2 unspecified atom stereocenters. The first kappa shape index (κ1) is 81.5. The molecule has 0 aromatic heterocycles. The lowest BCUT2D eigenvalue weighted by atomic mass is 10.0. The number of carboxylic acids is 1. The summed E-state index contributed by atoms with van der Waals surface area (Å²) in [7, 11) is 5.94. The Bertz CT molecular complexity index is 1670. The van der Waals surface area contributed by atoms with Crippen LogP contribution in [0.2, 0.25) is 0 Å². The number of likely N-dealkylation sites (N-methyl/N-ethyl adjacent to an activating group) is 1. The molecular formula is C76H135NO8. The highest BCUT2D eigenvalue weighted by atomic mass is 16.7. The summed E-state index contributed by atoms with van der Waals surface area (Å²) in [5.41, 5.74) is 0. The fourth-order valence-electron chi connectivity index (χ4n) is 10.2. The summed E-state index contributed by atoms with van der Waals surface area (Å²) in [5.74, 6) is -2.27. The minimum absolute atomic E-state index is 0.147. The molecule has 0 bridgehead atoms. The van der Waals surface area contributed by atoms with Crippen molar-refractivity contribution in [1.82, 2.24) is 0 Å². The van der Waals surface area contributed by atoms with Gasteiger partial charge in [0.2, 0.25) is 0 Å². The number of carbonyl (C=O) groups excluding carboxylic acids is 3. The first-order valence-electron chi connectivity index (χ1n) is 35.7. The van der Waals surface area contributed by atoms with Crippen molar-refractivity contribution >= 4 is 17.9 Å². The molecule has 9 nitrogen and oxygen atoms in total. The van der Waals surface area contributed by atoms with Gasteiger partial charge >= 0.3 is 11.9 Å². The minimum Gasteiger partial charge on any atom is -0.545 e. The van der Waals surface area contributed by atoms with E-state index in [0.29, 0.717) is 23.9 Å². The van der Waals surface area contributed by atoms with E-state index in [1.54, 1.807) is 0 Å². The molecule has 0 aromatic carbocycles. The van der Waals surface area contributed by atoms with Crippen molar-refractivity contribution in [2.75, 3.05) is 47.5 Å². The van der Waals surface area contributed by atoms with E-state index in [0.717, 1.165) is 70.6 Å². The fourth-order valence-corrected chi connectivity index (χ4v) is 10.2. The van der Waals surface area contributed by atoms with Gasteiger partial charge in [-0.2, -0.15) is 0 Å². The summed E-state index contributed by atoms with van der Waals surface area (Å²) in [4.78, 5) is 37.5. The number of carbonyl (C=O) groups is 3. The number of hydrogen-bond acceptors (Lipinski definition) is 8. The smallest absolute Gasteiger partial charge is 0.306 e. The molecular weight excluding hydrogens is 1050 g/mol. The van der Waals surface area contributed by atoms with Crippen LogP contribution in [-0.2, 0) is 33.3 Å². The van der Waals surface area contributed by atoms with Gasteiger partial charge in [0.1, 0.15) is 13.2 Å². The highest BCUT2D eigenvalue weighted by molar-refractivity contribution is 5.70. The molecule has 0 rings (SSSR count). The van der Waals surface area contributed by atoms with Crippen molar-refractivity contribution in [3.8, 4) is 0 Å². The molecule has 0 aliphatic rings. The molecule has 0 aromatic rings. The lowest BCUT2D eigenvalue weighted by Crippen LogP contribution is -2.44. The summed E-state index contributed by atoms with van der Waals surface area (Å²) in [5, 5.41) is 11.8. The molecule has 85 heavy (non-hydrogen) atoms. The van der Waals surface area contributed by atoms with Crippen molar-refractivity contribution < 1.29 is 42.9 Å². The van der Waals surface area contributed by atoms with Gasteiger partial charge in [-0.15, -0.1) is 0 Å². The second kappa shape index (κ2) is 66.4. The van der Waals surface area contributed by atoms with Crippen LogP contribution in [0.25, 0.3) is 0 Å². The number of ether oxygens (including phenoxy) is 4. The number of allylic oxidation sites excluding steroid dienone is 14. The van der Waals surface area contributed by atoms with Crippen molar-refractivity contribution in [3.63, 3.8) is 0 Å². The summed E-state index contributed by atoms with van der Waals surface area (Å²) >= 11 is 0. The lowest BCUT2D eigenvalue weighted by Gasteiger charge is -2.26. The van der Waals surface area contributed by atoms with Gasteiger partial charge in [0.25, 0.3) is 0 Å². The molecule has 492 valence electrons. The van der Waals surface area contributed by atoms with Crippen LogP contribution in [0.5, 0.6) is 0 Å². The molecule has 0 amide bonds. The predicted molar refractivity (Wildman–Crippen MR) is 361 cm³/mol. The SMILES string of the molecule is CC/C=C\C/C=C\C/C=C\C/C=C\C/C=C\CCCCCCCCCCCCCCCCCCCC(=O)OC(COC(=O)CCCCCCCCCCCCCCCCC/C=C\C/C=C\CCCCCCC)COC(OCC[N+](C)(C)C)C(=O)[O-]. The largest absolute Gasteiger partial charge is 0.545 e. The Morgan fingerprint density at radius 3 is 1.00 bits per heavy atom. The number of nitrogens with zero attached hydrogens (tertiary/aromatic N) is 1. The second-order valence-electron chi connectivity index (χ2n) is 25.1. The quantitative estimate of drug-likeness (QED) is 0.0195. The Morgan fingerprint density at radius 1 is 0.365 bits per heavy atom. The normalized spacial score (nSPS) is 13.2. The lowest BCUT2D eigenvalue weighted by molar-refractivity contribution is -0.870. The zero-order valence-electron chi connectivity index (χ0n) is 56.2. The highest BCUT2D eigenvalue weighted by Crippen LogP contribution is 2.18. The van der Waals surface area contributed by atoms with Crippen LogP contribution < -0.4 is 5.11 Å². The zero-order valence-corrected chi connectivity index (χ0v) is 56.2. The first-order chi connectivity index (χ1) is 41.6.